The highest BCUT2D eigenvalue weighted by atomic mass is 35.5. The van der Waals surface area contributed by atoms with Crippen molar-refractivity contribution in [2.45, 2.75) is 0 Å². The van der Waals surface area contributed by atoms with E-state index in [2.05, 4.69) is 19.9 Å². The van der Waals surface area contributed by atoms with Crippen molar-refractivity contribution in [1.29, 1.82) is 0 Å². The first kappa shape index (κ1) is 9.30. The second-order valence-corrected chi connectivity index (χ2v) is 3.68. The van der Waals surface area contributed by atoms with Gasteiger partial charge in [0.2, 0.25) is 0 Å². The first-order chi connectivity index (χ1) is 7.84. The minimum absolute atomic E-state index is 0.406. The van der Waals surface area contributed by atoms with Crippen molar-refractivity contribution in [3.63, 3.8) is 0 Å². The zero-order valence-corrected chi connectivity index (χ0v) is 8.94. The first-order valence-corrected chi connectivity index (χ1v) is 5.13. The fourth-order valence-corrected chi connectivity index (χ4v) is 1.74. The van der Waals surface area contributed by atoms with Gasteiger partial charge < -0.3 is 4.98 Å². The van der Waals surface area contributed by atoms with Crippen LogP contribution >= 0.6 is 11.6 Å². The number of nitrogens with one attached hydrogen (secondary N) is 1. The predicted octanol–water partition coefficient (Wildman–Crippen LogP) is 2.67. The smallest absolute Gasteiger partial charge is 0.156 e. The second-order valence-electron chi connectivity index (χ2n) is 3.33. The molecule has 3 aromatic heterocycles. The Balaban J connectivity index is 2.23. The average Bonchev–Trinajstić information content (AvgIpc) is 2.76. The minimum atomic E-state index is 0.406. The standard InChI is InChI=1S/C11H7ClN4/c12-10-9-8(3-5-14-10)15-11(16-9)7-2-1-4-13-6-7/h1-6H,(H,15,16). The maximum Gasteiger partial charge on any atom is 0.156 e. The van der Waals surface area contributed by atoms with Crippen molar-refractivity contribution in [3.8, 4) is 11.4 Å². The molecule has 3 rings (SSSR count). The number of halogens is 1. The molecule has 0 aliphatic carbocycles. The molecule has 0 aliphatic heterocycles. The molecule has 0 aliphatic rings. The van der Waals surface area contributed by atoms with E-state index in [1.165, 1.54) is 0 Å². The van der Waals surface area contributed by atoms with E-state index in [1.54, 1.807) is 18.6 Å². The van der Waals surface area contributed by atoms with Crippen LogP contribution < -0.4 is 0 Å². The van der Waals surface area contributed by atoms with E-state index in [-0.39, 0.29) is 0 Å². The number of aromatic amines is 1. The number of hydrogen-bond acceptors (Lipinski definition) is 3. The Kier molecular flexibility index (Phi) is 2.08. The van der Waals surface area contributed by atoms with Crippen LogP contribution in [-0.4, -0.2) is 19.9 Å². The van der Waals surface area contributed by atoms with Gasteiger partial charge in [-0.2, -0.15) is 0 Å². The third kappa shape index (κ3) is 1.44. The molecule has 0 saturated carbocycles. The fraction of sp³-hybridized carbons (Fsp3) is 0. The first-order valence-electron chi connectivity index (χ1n) is 4.75. The van der Waals surface area contributed by atoms with Crippen molar-refractivity contribution in [1.82, 2.24) is 19.9 Å². The number of H-pyrrole nitrogens is 1. The Morgan fingerprint density at radius 3 is 2.88 bits per heavy atom. The van der Waals surface area contributed by atoms with Gasteiger partial charge in [-0.05, 0) is 18.2 Å². The molecule has 16 heavy (non-hydrogen) atoms. The van der Waals surface area contributed by atoms with E-state index in [0.29, 0.717) is 10.7 Å². The summed E-state index contributed by atoms with van der Waals surface area (Å²) < 4.78 is 0. The summed E-state index contributed by atoms with van der Waals surface area (Å²) in [6.45, 7) is 0. The molecule has 5 heteroatoms. The summed E-state index contributed by atoms with van der Waals surface area (Å²) in [5.74, 6) is 0.748. The van der Waals surface area contributed by atoms with E-state index >= 15 is 0 Å². The number of hydrogen-bond donors (Lipinski definition) is 1. The number of imidazole rings is 1. The largest absolute Gasteiger partial charge is 0.338 e. The molecule has 3 heterocycles. The van der Waals surface area contributed by atoms with Crippen LogP contribution in [0.25, 0.3) is 22.4 Å². The number of rotatable bonds is 1. The third-order valence-electron chi connectivity index (χ3n) is 2.29. The van der Waals surface area contributed by atoms with Gasteiger partial charge in [0.25, 0.3) is 0 Å². The molecule has 0 amide bonds. The van der Waals surface area contributed by atoms with E-state index in [4.69, 9.17) is 11.6 Å². The Bertz CT molecular complexity index is 633. The number of nitrogens with zero attached hydrogens (tertiary/aromatic N) is 3. The molecular weight excluding hydrogens is 224 g/mol. The predicted molar refractivity (Wildman–Crippen MR) is 62.1 cm³/mol. The van der Waals surface area contributed by atoms with Crippen molar-refractivity contribution in [2.75, 3.05) is 0 Å². The number of pyridine rings is 2. The molecule has 78 valence electrons. The fourth-order valence-electron chi connectivity index (χ4n) is 1.54. The van der Waals surface area contributed by atoms with E-state index in [0.717, 1.165) is 16.9 Å². The van der Waals surface area contributed by atoms with Gasteiger partial charge in [0, 0.05) is 24.2 Å². The molecule has 0 spiro atoms. The molecule has 3 aromatic rings. The van der Waals surface area contributed by atoms with Crippen LogP contribution in [0.4, 0.5) is 0 Å². The van der Waals surface area contributed by atoms with Crippen LogP contribution in [0.15, 0.2) is 36.8 Å². The minimum Gasteiger partial charge on any atom is -0.338 e. The third-order valence-corrected chi connectivity index (χ3v) is 2.57. The van der Waals surface area contributed by atoms with Crippen molar-refractivity contribution in [3.05, 3.63) is 41.9 Å². The topological polar surface area (TPSA) is 54.5 Å². The Morgan fingerprint density at radius 1 is 1.19 bits per heavy atom. The summed E-state index contributed by atoms with van der Waals surface area (Å²) in [5.41, 5.74) is 2.48. The van der Waals surface area contributed by atoms with Crippen LogP contribution in [0.2, 0.25) is 5.15 Å². The molecule has 0 aromatic carbocycles. The van der Waals surface area contributed by atoms with Gasteiger partial charge in [0.1, 0.15) is 11.3 Å². The lowest BCUT2D eigenvalue weighted by Crippen LogP contribution is -1.80. The van der Waals surface area contributed by atoms with Gasteiger partial charge in [-0.25, -0.2) is 9.97 Å². The molecule has 1 N–H and O–H groups in total. The highest BCUT2D eigenvalue weighted by Crippen LogP contribution is 2.23. The highest BCUT2D eigenvalue weighted by molar-refractivity contribution is 6.33. The monoisotopic (exact) mass is 230 g/mol. The van der Waals surface area contributed by atoms with E-state index in [1.807, 2.05) is 18.2 Å². The maximum atomic E-state index is 5.95. The summed E-state index contributed by atoms with van der Waals surface area (Å²) in [6.07, 6.45) is 5.12. The molecular formula is C11H7ClN4. The molecule has 0 bridgehead atoms. The molecule has 0 saturated heterocycles. The van der Waals surface area contributed by atoms with Crippen molar-refractivity contribution >= 4 is 22.6 Å². The summed E-state index contributed by atoms with van der Waals surface area (Å²) >= 11 is 5.95. The molecule has 4 nitrogen and oxygen atoms in total. The zero-order valence-electron chi connectivity index (χ0n) is 8.18. The highest BCUT2D eigenvalue weighted by Gasteiger charge is 2.07. The number of aromatic nitrogens is 4. The molecule has 0 atom stereocenters. The second kappa shape index (κ2) is 3.57. The lowest BCUT2D eigenvalue weighted by atomic mass is 10.3. The molecule has 0 unspecified atom stereocenters. The van der Waals surface area contributed by atoms with Crippen LogP contribution in [0.3, 0.4) is 0 Å². The van der Waals surface area contributed by atoms with Crippen LogP contribution in [0.1, 0.15) is 0 Å². The van der Waals surface area contributed by atoms with Gasteiger partial charge in [-0.3, -0.25) is 4.98 Å². The lowest BCUT2D eigenvalue weighted by Gasteiger charge is -1.92. The Morgan fingerprint density at radius 2 is 2.12 bits per heavy atom. The van der Waals surface area contributed by atoms with Gasteiger partial charge in [0.15, 0.2) is 5.15 Å². The maximum absolute atomic E-state index is 5.95. The van der Waals surface area contributed by atoms with Gasteiger partial charge in [0.05, 0.1) is 5.52 Å². The average molecular weight is 231 g/mol. The van der Waals surface area contributed by atoms with Crippen molar-refractivity contribution < 1.29 is 0 Å². The van der Waals surface area contributed by atoms with E-state index < -0.39 is 0 Å². The summed E-state index contributed by atoms with van der Waals surface area (Å²) in [6, 6.07) is 5.64. The lowest BCUT2D eigenvalue weighted by molar-refractivity contribution is 1.27. The Labute approximate surface area is 96.3 Å². The summed E-state index contributed by atoms with van der Waals surface area (Å²) in [5, 5.41) is 0.406. The normalized spacial score (nSPS) is 10.8. The van der Waals surface area contributed by atoms with Crippen LogP contribution in [-0.2, 0) is 0 Å². The number of fused-ring (bicyclic) bond motifs is 1. The van der Waals surface area contributed by atoms with Crippen LogP contribution in [0.5, 0.6) is 0 Å². The summed E-state index contributed by atoms with van der Waals surface area (Å²) in [7, 11) is 0. The van der Waals surface area contributed by atoms with Crippen LogP contribution in [0, 0.1) is 0 Å². The van der Waals surface area contributed by atoms with E-state index in [9.17, 15) is 0 Å². The quantitative estimate of drug-likeness (QED) is 0.654. The summed E-state index contributed by atoms with van der Waals surface area (Å²) in [4.78, 5) is 15.6. The SMILES string of the molecule is Clc1nccc2[nH]c(-c3cccnc3)nc12. The zero-order chi connectivity index (χ0) is 11.0. The van der Waals surface area contributed by atoms with Gasteiger partial charge >= 0.3 is 0 Å². The van der Waals surface area contributed by atoms with Crippen molar-refractivity contribution in [2.24, 2.45) is 0 Å². The van der Waals surface area contributed by atoms with Gasteiger partial charge in [-0.1, -0.05) is 11.6 Å². The Hall–Kier alpha value is -1.94. The molecule has 0 radical (unpaired) electrons. The van der Waals surface area contributed by atoms with Gasteiger partial charge in [-0.15, -0.1) is 0 Å². The molecule has 0 fully saturated rings.